The van der Waals surface area contributed by atoms with E-state index >= 15 is 0 Å². The first kappa shape index (κ1) is 13.6. The van der Waals surface area contributed by atoms with E-state index in [9.17, 15) is 4.79 Å². The Labute approximate surface area is 119 Å². The molecule has 3 rings (SSSR count). The third-order valence-corrected chi connectivity index (χ3v) is 4.57. The Morgan fingerprint density at radius 1 is 1.25 bits per heavy atom. The van der Waals surface area contributed by atoms with Crippen LogP contribution in [-0.4, -0.2) is 27.3 Å². The van der Waals surface area contributed by atoms with Crippen molar-refractivity contribution in [2.24, 2.45) is 5.92 Å². The lowest BCUT2D eigenvalue weighted by Crippen LogP contribution is -2.30. The van der Waals surface area contributed by atoms with Gasteiger partial charge in [-0.2, -0.15) is 0 Å². The second-order valence-electron chi connectivity index (χ2n) is 5.91. The van der Waals surface area contributed by atoms with E-state index in [1.807, 2.05) is 6.92 Å². The summed E-state index contributed by atoms with van der Waals surface area (Å²) in [5.74, 6) is 2.59. The molecule has 1 aromatic heterocycles. The summed E-state index contributed by atoms with van der Waals surface area (Å²) in [6.45, 7) is 3.02. The van der Waals surface area contributed by atoms with Crippen molar-refractivity contribution in [3.8, 4) is 0 Å². The largest absolute Gasteiger partial charge is 0.466 e. The fraction of sp³-hybridized carbons (Fsp3) is 0.800. The van der Waals surface area contributed by atoms with Gasteiger partial charge in [0.1, 0.15) is 11.6 Å². The average Bonchev–Trinajstić information content (AvgIpc) is 2.91. The second-order valence-corrected chi connectivity index (χ2v) is 5.91. The van der Waals surface area contributed by atoms with Crippen LogP contribution in [0.3, 0.4) is 0 Å². The summed E-state index contributed by atoms with van der Waals surface area (Å²) in [5.41, 5.74) is 0. The Balaban J connectivity index is 1.77. The molecule has 0 saturated heterocycles. The third kappa shape index (κ3) is 2.58. The molecule has 0 aromatic carbocycles. The Hall–Kier alpha value is -1.39. The SMILES string of the molecule is CCOC(=O)C1CCc2nnc(C3CCCCC3)n2C1. The van der Waals surface area contributed by atoms with E-state index in [0.717, 1.165) is 24.5 Å². The summed E-state index contributed by atoms with van der Waals surface area (Å²) in [4.78, 5) is 11.9. The van der Waals surface area contributed by atoms with Gasteiger partial charge in [-0.15, -0.1) is 10.2 Å². The number of carbonyl (C=O) groups excluding carboxylic acids is 1. The van der Waals surface area contributed by atoms with Gasteiger partial charge in [-0.1, -0.05) is 19.3 Å². The van der Waals surface area contributed by atoms with Crippen LogP contribution in [0.1, 0.15) is 63.0 Å². The molecule has 2 aliphatic rings. The van der Waals surface area contributed by atoms with Crippen LogP contribution in [0.2, 0.25) is 0 Å². The standard InChI is InChI=1S/C15H23N3O2/c1-2-20-15(19)12-8-9-13-16-17-14(18(13)10-12)11-6-4-3-5-7-11/h11-12H,2-10H2,1H3. The zero-order valence-corrected chi connectivity index (χ0v) is 12.2. The highest BCUT2D eigenvalue weighted by Crippen LogP contribution is 2.33. The highest BCUT2D eigenvalue weighted by Gasteiger charge is 2.31. The lowest BCUT2D eigenvalue weighted by Gasteiger charge is -2.26. The fourth-order valence-electron chi connectivity index (χ4n) is 3.46. The van der Waals surface area contributed by atoms with E-state index in [0.29, 0.717) is 19.1 Å². The zero-order valence-electron chi connectivity index (χ0n) is 12.2. The van der Waals surface area contributed by atoms with E-state index in [-0.39, 0.29) is 11.9 Å². The number of hydrogen-bond donors (Lipinski definition) is 0. The normalized spacial score (nSPS) is 23.4. The van der Waals surface area contributed by atoms with Crippen LogP contribution in [0.5, 0.6) is 0 Å². The van der Waals surface area contributed by atoms with Gasteiger partial charge in [-0.3, -0.25) is 4.79 Å². The number of fused-ring (bicyclic) bond motifs is 1. The lowest BCUT2D eigenvalue weighted by molar-refractivity contribution is -0.149. The first-order chi connectivity index (χ1) is 9.79. The number of carbonyl (C=O) groups is 1. The van der Waals surface area contributed by atoms with Crippen LogP contribution in [0.4, 0.5) is 0 Å². The molecule has 5 nitrogen and oxygen atoms in total. The van der Waals surface area contributed by atoms with Crippen molar-refractivity contribution >= 4 is 5.97 Å². The smallest absolute Gasteiger partial charge is 0.310 e. The van der Waals surface area contributed by atoms with Crippen LogP contribution >= 0.6 is 0 Å². The van der Waals surface area contributed by atoms with E-state index < -0.39 is 0 Å². The van der Waals surface area contributed by atoms with Gasteiger partial charge < -0.3 is 9.30 Å². The van der Waals surface area contributed by atoms with Crippen LogP contribution < -0.4 is 0 Å². The summed E-state index contributed by atoms with van der Waals surface area (Å²) in [6, 6.07) is 0. The molecule has 2 heterocycles. The van der Waals surface area contributed by atoms with Gasteiger partial charge in [0.15, 0.2) is 0 Å². The molecule has 5 heteroatoms. The molecule has 0 bridgehead atoms. The molecule has 0 radical (unpaired) electrons. The maximum absolute atomic E-state index is 11.9. The van der Waals surface area contributed by atoms with Crippen molar-refractivity contribution in [1.29, 1.82) is 0 Å². The van der Waals surface area contributed by atoms with Gasteiger partial charge in [0.25, 0.3) is 0 Å². The molecule has 1 saturated carbocycles. The van der Waals surface area contributed by atoms with E-state index in [1.165, 1.54) is 32.1 Å². The number of hydrogen-bond acceptors (Lipinski definition) is 4. The molecule has 1 fully saturated rings. The summed E-state index contributed by atoms with van der Waals surface area (Å²) in [7, 11) is 0. The van der Waals surface area contributed by atoms with Gasteiger partial charge in [0, 0.05) is 18.9 Å². The molecule has 20 heavy (non-hydrogen) atoms. The molecule has 1 aliphatic carbocycles. The predicted molar refractivity (Wildman–Crippen MR) is 74.3 cm³/mol. The van der Waals surface area contributed by atoms with Gasteiger partial charge in [0.05, 0.1) is 12.5 Å². The van der Waals surface area contributed by atoms with E-state index in [2.05, 4.69) is 14.8 Å². The molecule has 0 amide bonds. The van der Waals surface area contributed by atoms with Crippen LogP contribution in [-0.2, 0) is 22.5 Å². The maximum Gasteiger partial charge on any atom is 0.310 e. The van der Waals surface area contributed by atoms with E-state index in [4.69, 9.17) is 4.74 Å². The molecular weight excluding hydrogens is 254 g/mol. The lowest BCUT2D eigenvalue weighted by atomic mass is 9.88. The summed E-state index contributed by atoms with van der Waals surface area (Å²) in [6.07, 6.45) is 8.00. The summed E-state index contributed by atoms with van der Waals surface area (Å²) >= 11 is 0. The fourth-order valence-corrected chi connectivity index (χ4v) is 3.46. The maximum atomic E-state index is 11.9. The number of ether oxygens (including phenoxy) is 1. The molecule has 0 N–H and O–H groups in total. The van der Waals surface area contributed by atoms with Crippen LogP contribution in [0.15, 0.2) is 0 Å². The van der Waals surface area contributed by atoms with Crippen molar-refractivity contribution in [1.82, 2.24) is 14.8 Å². The van der Waals surface area contributed by atoms with Crippen LogP contribution in [0, 0.1) is 5.92 Å². The van der Waals surface area contributed by atoms with Gasteiger partial charge in [0.2, 0.25) is 0 Å². The molecule has 110 valence electrons. The predicted octanol–water partition coefficient (Wildman–Crippen LogP) is 2.45. The number of aromatic nitrogens is 3. The average molecular weight is 277 g/mol. The van der Waals surface area contributed by atoms with Gasteiger partial charge >= 0.3 is 5.97 Å². The Kier molecular flexibility index (Phi) is 4.03. The minimum absolute atomic E-state index is 0.0270. The minimum atomic E-state index is -0.0681. The monoisotopic (exact) mass is 277 g/mol. The zero-order chi connectivity index (χ0) is 13.9. The third-order valence-electron chi connectivity index (χ3n) is 4.57. The van der Waals surface area contributed by atoms with Crippen molar-refractivity contribution in [3.05, 3.63) is 11.6 Å². The highest BCUT2D eigenvalue weighted by molar-refractivity contribution is 5.72. The van der Waals surface area contributed by atoms with Gasteiger partial charge in [-0.25, -0.2) is 0 Å². The molecule has 1 atom stereocenters. The minimum Gasteiger partial charge on any atom is -0.466 e. The Bertz CT molecular complexity index is 477. The number of aryl methyl sites for hydroxylation is 1. The highest BCUT2D eigenvalue weighted by atomic mass is 16.5. The first-order valence-electron chi connectivity index (χ1n) is 7.88. The number of nitrogens with zero attached hydrogens (tertiary/aromatic N) is 3. The van der Waals surface area contributed by atoms with Crippen molar-refractivity contribution in [2.75, 3.05) is 6.61 Å². The quantitative estimate of drug-likeness (QED) is 0.796. The van der Waals surface area contributed by atoms with Crippen LogP contribution in [0.25, 0.3) is 0 Å². The second kappa shape index (κ2) is 5.94. The molecular formula is C15H23N3O2. The van der Waals surface area contributed by atoms with Crippen molar-refractivity contribution in [2.45, 2.75) is 64.3 Å². The molecule has 0 spiro atoms. The molecule has 1 aliphatic heterocycles. The number of esters is 1. The summed E-state index contributed by atoms with van der Waals surface area (Å²) < 4.78 is 7.36. The summed E-state index contributed by atoms with van der Waals surface area (Å²) in [5, 5.41) is 8.75. The van der Waals surface area contributed by atoms with Crippen molar-refractivity contribution in [3.63, 3.8) is 0 Å². The number of rotatable bonds is 3. The Morgan fingerprint density at radius 2 is 2.05 bits per heavy atom. The molecule has 1 unspecified atom stereocenters. The van der Waals surface area contributed by atoms with E-state index in [1.54, 1.807) is 0 Å². The first-order valence-corrected chi connectivity index (χ1v) is 7.88. The molecule has 1 aromatic rings. The Morgan fingerprint density at radius 3 is 2.80 bits per heavy atom. The van der Waals surface area contributed by atoms with Gasteiger partial charge in [-0.05, 0) is 26.2 Å². The topological polar surface area (TPSA) is 57.0 Å². The van der Waals surface area contributed by atoms with Crippen molar-refractivity contribution < 1.29 is 9.53 Å².